The topological polar surface area (TPSA) is 86.8 Å². The molecule has 3 N–H and O–H groups in total. The Balaban J connectivity index is 1.51. The fourth-order valence-corrected chi connectivity index (χ4v) is 4.01. The third-order valence-corrected chi connectivity index (χ3v) is 6.75. The molecule has 0 spiro atoms. The molecule has 1 saturated carbocycles. The van der Waals surface area contributed by atoms with E-state index in [-0.39, 0.29) is 30.9 Å². The molecule has 4 rings (SSSR count). The molecule has 3 aromatic heterocycles. The van der Waals surface area contributed by atoms with Crippen LogP contribution in [0.25, 0.3) is 22.6 Å². The second-order valence-corrected chi connectivity index (χ2v) is 9.65. The fourth-order valence-electron chi connectivity index (χ4n) is 3.73. The van der Waals surface area contributed by atoms with Crippen molar-refractivity contribution in [2.24, 2.45) is 5.41 Å². The summed E-state index contributed by atoms with van der Waals surface area (Å²) >= 11 is 5.49. The number of aliphatic hydroxyl groups is 1. The van der Waals surface area contributed by atoms with Crippen molar-refractivity contribution in [1.82, 2.24) is 19.9 Å². The number of ether oxygens (including phenoxy) is 1. The smallest absolute Gasteiger partial charge is 0.399 e. The van der Waals surface area contributed by atoms with E-state index in [0.29, 0.717) is 28.3 Å². The van der Waals surface area contributed by atoms with Crippen LogP contribution in [0.4, 0.5) is 13.2 Å². The molecule has 3 heterocycles. The van der Waals surface area contributed by atoms with Crippen molar-refractivity contribution in [2.75, 3.05) is 6.61 Å². The Labute approximate surface area is 199 Å². The molecule has 0 saturated heterocycles. The van der Waals surface area contributed by atoms with Crippen molar-refractivity contribution >= 4 is 12.2 Å². The van der Waals surface area contributed by atoms with Crippen molar-refractivity contribution < 1.29 is 23.0 Å². The Kier molecular flexibility index (Phi) is 6.05. The zero-order chi connectivity index (χ0) is 24.7. The summed E-state index contributed by atoms with van der Waals surface area (Å²) < 4.78 is 47.0. The van der Waals surface area contributed by atoms with Crippen LogP contribution in [-0.4, -0.2) is 37.8 Å². The van der Waals surface area contributed by atoms with Crippen molar-refractivity contribution in [3.8, 4) is 28.5 Å². The first-order chi connectivity index (χ1) is 15.9. The zero-order valence-corrected chi connectivity index (χ0v) is 19.6. The quantitative estimate of drug-likeness (QED) is 0.255. The van der Waals surface area contributed by atoms with Crippen molar-refractivity contribution in [3.63, 3.8) is 0 Å². The number of aromatic amines is 2. The number of rotatable bonds is 7. The van der Waals surface area contributed by atoms with Gasteiger partial charge in [-0.15, -0.1) is 0 Å². The number of aromatic nitrogens is 4. The molecule has 0 aliphatic heterocycles. The molecule has 1 fully saturated rings. The van der Waals surface area contributed by atoms with Crippen LogP contribution in [0.1, 0.15) is 38.8 Å². The Morgan fingerprint density at radius 1 is 1.24 bits per heavy atom. The molecule has 0 aromatic carbocycles. The summed E-state index contributed by atoms with van der Waals surface area (Å²) in [5.41, 5.74) is -0.478. The van der Waals surface area contributed by atoms with Gasteiger partial charge in [-0.1, -0.05) is 31.3 Å². The number of alkyl halides is 3. The Morgan fingerprint density at radius 2 is 1.97 bits per heavy atom. The number of aliphatic hydroxyl groups excluding tert-OH is 1. The standard InChI is InChI=1S/C24H25F3N4O2S/c1-14(32)22(2,3)13-33-20-9-18(34)16(11-29-20)15-5-6-17(28-10-15)21-30-12-19(31-21)23(7-4-8-23)24(25,26)27/h5-6,9-12,32H,1,4,7-8,13H2,2-3H3,(H,29,34)(H,30,31). The van der Waals surface area contributed by atoms with Gasteiger partial charge < -0.3 is 19.8 Å². The minimum absolute atomic E-state index is 0.0267. The number of nitrogens with zero attached hydrogens (tertiary/aromatic N) is 2. The molecule has 10 heteroatoms. The van der Waals surface area contributed by atoms with Crippen LogP contribution >= 0.6 is 12.2 Å². The van der Waals surface area contributed by atoms with Crippen molar-refractivity contribution in [1.29, 1.82) is 0 Å². The van der Waals surface area contributed by atoms with Gasteiger partial charge in [0.05, 0.1) is 21.4 Å². The number of H-pyrrole nitrogens is 2. The number of hydrogen-bond acceptors (Lipinski definition) is 5. The third-order valence-electron chi connectivity index (χ3n) is 6.41. The molecule has 0 bridgehead atoms. The average molecular weight is 491 g/mol. The predicted octanol–water partition coefficient (Wildman–Crippen LogP) is 6.66. The van der Waals surface area contributed by atoms with E-state index in [1.807, 2.05) is 13.8 Å². The van der Waals surface area contributed by atoms with Crippen LogP contribution in [0.15, 0.2) is 49.1 Å². The van der Waals surface area contributed by atoms with Gasteiger partial charge in [0.15, 0.2) is 11.7 Å². The molecular formula is C24H25F3N4O2S. The second kappa shape index (κ2) is 8.57. The van der Waals surface area contributed by atoms with E-state index in [2.05, 4.69) is 26.5 Å². The SMILES string of the molecule is C=C(O)C(C)(C)COc1cc(=S)c(-c2ccc(-c3ncc(C4(C(F)(F)F)CCC4)[nH]3)nc2)c[nH]1. The van der Waals surface area contributed by atoms with Gasteiger partial charge in [-0.25, -0.2) is 4.98 Å². The first-order valence-electron chi connectivity index (χ1n) is 10.8. The first kappa shape index (κ1) is 24.0. The van der Waals surface area contributed by atoms with E-state index in [1.165, 1.54) is 6.20 Å². The summed E-state index contributed by atoms with van der Waals surface area (Å²) in [4.78, 5) is 14.4. The summed E-state index contributed by atoms with van der Waals surface area (Å²) in [6, 6.07) is 5.14. The van der Waals surface area contributed by atoms with Crippen LogP contribution in [0.2, 0.25) is 0 Å². The summed E-state index contributed by atoms with van der Waals surface area (Å²) in [6.07, 6.45) is 0.908. The molecule has 0 amide bonds. The molecule has 0 unspecified atom stereocenters. The van der Waals surface area contributed by atoms with Crippen molar-refractivity contribution in [3.05, 3.63) is 59.3 Å². The normalized spacial score (nSPS) is 15.6. The maximum Gasteiger partial charge on any atom is 0.399 e. The number of imidazole rings is 1. The van der Waals surface area contributed by atoms with Gasteiger partial charge in [-0.05, 0) is 32.8 Å². The molecule has 3 aromatic rings. The number of pyridine rings is 2. The van der Waals surface area contributed by atoms with Gasteiger partial charge in [-0.3, -0.25) is 4.98 Å². The van der Waals surface area contributed by atoms with Gasteiger partial charge in [0.2, 0.25) is 0 Å². The predicted molar refractivity (Wildman–Crippen MR) is 125 cm³/mol. The van der Waals surface area contributed by atoms with E-state index < -0.39 is 17.0 Å². The van der Waals surface area contributed by atoms with Gasteiger partial charge in [0.1, 0.15) is 17.7 Å². The van der Waals surface area contributed by atoms with Gasteiger partial charge >= 0.3 is 6.18 Å². The molecule has 0 radical (unpaired) electrons. The Morgan fingerprint density at radius 3 is 2.50 bits per heavy atom. The molecule has 0 atom stereocenters. The average Bonchev–Trinajstić information content (AvgIpc) is 3.20. The summed E-state index contributed by atoms with van der Waals surface area (Å²) in [6.45, 7) is 7.38. The minimum atomic E-state index is -4.32. The van der Waals surface area contributed by atoms with Gasteiger partial charge in [0, 0.05) is 35.8 Å². The first-order valence-corrected chi connectivity index (χ1v) is 11.2. The minimum Gasteiger partial charge on any atom is -0.512 e. The summed E-state index contributed by atoms with van der Waals surface area (Å²) in [7, 11) is 0. The zero-order valence-electron chi connectivity index (χ0n) is 18.8. The lowest BCUT2D eigenvalue weighted by molar-refractivity contribution is -0.213. The summed E-state index contributed by atoms with van der Waals surface area (Å²) in [5.74, 6) is 0.767. The number of halogens is 3. The van der Waals surface area contributed by atoms with Crippen LogP contribution in [0, 0.1) is 9.93 Å². The number of hydrogen-bond donors (Lipinski definition) is 3. The summed E-state index contributed by atoms with van der Waals surface area (Å²) in [5, 5.41) is 9.63. The molecule has 180 valence electrons. The molecular weight excluding hydrogens is 465 g/mol. The van der Waals surface area contributed by atoms with Crippen LogP contribution in [0.5, 0.6) is 5.88 Å². The maximum absolute atomic E-state index is 13.6. The maximum atomic E-state index is 13.6. The monoisotopic (exact) mass is 490 g/mol. The van der Waals surface area contributed by atoms with E-state index in [0.717, 1.165) is 11.1 Å². The molecule has 6 nitrogen and oxygen atoms in total. The lowest BCUT2D eigenvalue weighted by Gasteiger charge is -2.42. The van der Waals surface area contributed by atoms with Crippen LogP contribution < -0.4 is 4.74 Å². The highest BCUT2D eigenvalue weighted by molar-refractivity contribution is 7.71. The molecule has 34 heavy (non-hydrogen) atoms. The highest BCUT2D eigenvalue weighted by Gasteiger charge is 2.60. The largest absolute Gasteiger partial charge is 0.512 e. The third kappa shape index (κ3) is 4.34. The van der Waals surface area contributed by atoms with Gasteiger partial charge in [0.25, 0.3) is 0 Å². The van der Waals surface area contributed by atoms with Crippen molar-refractivity contribution in [2.45, 2.75) is 44.7 Å². The second-order valence-electron chi connectivity index (χ2n) is 9.21. The van der Waals surface area contributed by atoms with E-state index >= 15 is 0 Å². The highest BCUT2D eigenvalue weighted by Crippen LogP contribution is 2.54. The highest BCUT2D eigenvalue weighted by atomic mass is 32.1. The lowest BCUT2D eigenvalue weighted by Crippen LogP contribution is -2.48. The lowest BCUT2D eigenvalue weighted by atomic mass is 9.66. The number of nitrogens with one attached hydrogen (secondary N) is 2. The fraction of sp³-hybridized carbons (Fsp3) is 0.375. The van der Waals surface area contributed by atoms with Gasteiger partial charge in [-0.2, -0.15) is 13.2 Å². The Bertz CT molecular complexity index is 1260. The Hall–Kier alpha value is -3.14. The van der Waals surface area contributed by atoms with Crippen LogP contribution in [0.3, 0.4) is 0 Å². The van der Waals surface area contributed by atoms with E-state index in [9.17, 15) is 18.3 Å². The molecule has 1 aliphatic rings. The molecule has 1 aliphatic carbocycles. The van der Waals surface area contributed by atoms with E-state index in [4.69, 9.17) is 17.0 Å². The van der Waals surface area contributed by atoms with E-state index in [1.54, 1.807) is 30.6 Å². The van der Waals surface area contributed by atoms with Crippen LogP contribution in [-0.2, 0) is 5.41 Å².